The van der Waals surface area contributed by atoms with Crippen molar-refractivity contribution in [3.63, 3.8) is 0 Å². The van der Waals surface area contributed by atoms with Crippen molar-refractivity contribution in [2.45, 2.75) is 25.7 Å². The zero-order chi connectivity index (χ0) is 16.5. The van der Waals surface area contributed by atoms with Crippen molar-refractivity contribution in [3.8, 4) is 0 Å². The standard InChI is InChI=1S/C17H21N5O2/c23-16(12-3-1-2-4-12)21-7-9-22(10-8-21)17(24)14-6-5-13-15(19-14)11-18-20-13/h5-6,11-12H,1-4,7-10H2,(H,18,20). The quantitative estimate of drug-likeness (QED) is 0.905. The maximum absolute atomic E-state index is 12.6. The Labute approximate surface area is 140 Å². The normalized spacial score (nSPS) is 19.2. The third-order valence-corrected chi connectivity index (χ3v) is 5.10. The van der Waals surface area contributed by atoms with Crippen LogP contribution in [0.1, 0.15) is 36.2 Å². The Bertz CT molecular complexity index is 757. The second kappa shape index (κ2) is 6.22. The molecular weight excluding hydrogens is 306 g/mol. The monoisotopic (exact) mass is 327 g/mol. The average Bonchev–Trinajstić information content (AvgIpc) is 3.31. The van der Waals surface area contributed by atoms with Crippen LogP contribution in [0.2, 0.25) is 0 Å². The summed E-state index contributed by atoms with van der Waals surface area (Å²) in [6.45, 7) is 2.38. The van der Waals surface area contributed by atoms with Crippen molar-refractivity contribution in [2.75, 3.05) is 26.2 Å². The van der Waals surface area contributed by atoms with Gasteiger partial charge in [0.1, 0.15) is 11.2 Å². The fourth-order valence-electron chi connectivity index (χ4n) is 3.67. The molecule has 0 atom stereocenters. The van der Waals surface area contributed by atoms with Gasteiger partial charge in [0.05, 0.1) is 11.7 Å². The Morgan fingerprint density at radius 3 is 2.50 bits per heavy atom. The van der Waals surface area contributed by atoms with E-state index in [-0.39, 0.29) is 17.7 Å². The average molecular weight is 327 g/mol. The number of H-pyrrole nitrogens is 1. The van der Waals surface area contributed by atoms with Gasteiger partial charge in [0.15, 0.2) is 0 Å². The highest BCUT2D eigenvalue weighted by Crippen LogP contribution is 2.27. The Balaban J connectivity index is 1.39. The van der Waals surface area contributed by atoms with Crippen LogP contribution < -0.4 is 0 Å². The van der Waals surface area contributed by atoms with Crippen LogP contribution in [0.15, 0.2) is 18.3 Å². The van der Waals surface area contributed by atoms with Crippen LogP contribution in [0.4, 0.5) is 0 Å². The summed E-state index contributed by atoms with van der Waals surface area (Å²) in [5.74, 6) is 0.404. The minimum Gasteiger partial charge on any atom is -0.339 e. The Morgan fingerprint density at radius 1 is 1.04 bits per heavy atom. The van der Waals surface area contributed by atoms with E-state index in [1.807, 2.05) is 11.0 Å². The maximum Gasteiger partial charge on any atom is 0.272 e. The molecule has 0 aromatic carbocycles. The first kappa shape index (κ1) is 15.1. The number of carbonyl (C=O) groups excluding carboxylic acids is 2. The van der Waals surface area contributed by atoms with Crippen LogP contribution in [-0.4, -0.2) is 63.0 Å². The molecule has 2 amide bonds. The van der Waals surface area contributed by atoms with Crippen LogP contribution in [0.25, 0.3) is 11.0 Å². The number of hydrogen-bond acceptors (Lipinski definition) is 4. The van der Waals surface area contributed by atoms with Gasteiger partial charge in [-0.15, -0.1) is 0 Å². The zero-order valence-corrected chi connectivity index (χ0v) is 13.6. The summed E-state index contributed by atoms with van der Waals surface area (Å²) in [4.78, 5) is 33.2. The molecule has 1 aliphatic heterocycles. The molecule has 7 heteroatoms. The molecular formula is C17H21N5O2. The molecule has 2 aromatic heterocycles. The first-order chi connectivity index (χ1) is 11.7. The molecule has 2 aromatic rings. The molecule has 1 N–H and O–H groups in total. The summed E-state index contributed by atoms with van der Waals surface area (Å²) >= 11 is 0. The number of carbonyl (C=O) groups is 2. The van der Waals surface area contributed by atoms with Crippen molar-refractivity contribution >= 4 is 22.8 Å². The van der Waals surface area contributed by atoms with Crippen molar-refractivity contribution in [3.05, 3.63) is 24.0 Å². The number of aromatic amines is 1. The topological polar surface area (TPSA) is 82.2 Å². The number of hydrogen-bond donors (Lipinski definition) is 1. The highest BCUT2D eigenvalue weighted by atomic mass is 16.2. The van der Waals surface area contributed by atoms with Crippen molar-refractivity contribution in [1.82, 2.24) is 25.0 Å². The van der Waals surface area contributed by atoms with Gasteiger partial charge in [-0.05, 0) is 25.0 Å². The van der Waals surface area contributed by atoms with E-state index in [2.05, 4.69) is 15.2 Å². The van der Waals surface area contributed by atoms with E-state index in [9.17, 15) is 9.59 Å². The van der Waals surface area contributed by atoms with Gasteiger partial charge in [-0.25, -0.2) is 4.98 Å². The van der Waals surface area contributed by atoms with Crippen LogP contribution in [0.5, 0.6) is 0 Å². The third kappa shape index (κ3) is 2.74. The summed E-state index contributed by atoms with van der Waals surface area (Å²) in [7, 11) is 0. The lowest BCUT2D eigenvalue weighted by Crippen LogP contribution is -2.51. The van der Waals surface area contributed by atoms with E-state index < -0.39 is 0 Å². The smallest absolute Gasteiger partial charge is 0.272 e. The van der Waals surface area contributed by atoms with Crippen molar-refractivity contribution < 1.29 is 9.59 Å². The maximum atomic E-state index is 12.6. The Morgan fingerprint density at radius 2 is 1.75 bits per heavy atom. The predicted molar refractivity (Wildman–Crippen MR) is 88.3 cm³/mol. The molecule has 3 heterocycles. The van der Waals surface area contributed by atoms with Gasteiger partial charge in [-0.2, -0.15) is 5.10 Å². The fourth-order valence-corrected chi connectivity index (χ4v) is 3.67. The summed E-state index contributed by atoms with van der Waals surface area (Å²) in [5, 5.41) is 6.75. The number of nitrogens with zero attached hydrogens (tertiary/aromatic N) is 4. The van der Waals surface area contributed by atoms with Gasteiger partial charge in [0.25, 0.3) is 5.91 Å². The number of fused-ring (bicyclic) bond motifs is 1. The van der Waals surface area contributed by atoms with Gasteiger partial charge in [-0.1, -0.05) is 12.8 Å². The largest absolute Gasteiger partial charge is 0.339 e. The molecule has 1 saturated carbocycles. The molecule has 0 bridgehead atoms. The molecule has 1 aliphatic carbocycles. The first-order valence-corrected chi connectivity index (χ1v) is 8.60. The van der Waals surface area contributed by atoms with Gasteiger partial charge in [0.2, 0.25) is 5.91 Å². The summed E-state index contributed by atoms with van der Waals surface area (Å²) < 4.78 is 0. The van der Waals surface area contributed by atoms with Gasteiger partial charge < -0.3 is 9.80 Å². The third-order valence-electron chi connectivity index (χ3n) is 5.10. The number of rotatable bonds is 2. The minimum absolute atomic E-state index is 0.0777. The van der Waals surface area contributed by atoms with Crippen LogP contribution in [0, 0.1) is 5.92 Å². The van der Waals surface area contributed by atoms with Crippen molar-refractivity contribution in [2.24, 2.45) is 5.92 Å². The van der Waals surface area contributed by atoms with Gasteiger partial charge in [0, 0.05) is 32.1 Å². The number of pyridine rings is 1. The lowest BCUT2D eigenvalue weighted by atomic mass is 10.1. The van der Waals surface area contributed by atoms with Crippen LogP contribution in [0.3, 0.4) is 0 Å². The summed E-state index contributed by atoms with van der Waals surface area (Å²) in [6, 6.07) is 3.54. The SMILES string of the molecule is O=C(c1ccc2[nH]ncc2n1)N1CCN(C(=O)C2CCCC2)CC1. The summed E-state index contributed by atoms with van der Waals surface area (Å²) in [6.07, 6.45) is 5.98. The fraction of sp³-hybridized carbons (Fsp3) is 0.529. The van der Waals surface area contributed by atoms with Gasteiger partial charge >= 0.3 is 0 Å². The molecule has 24 heavy (non-hydrogen) atoms. The number of piperazine rings is 1. The van der Waals surface area contributed by atoms with Crippen molar-refractivity contribution in [1.29, 1.82) is 0 Å². The zero-order valence-electron chi connectivity index (χ0n) is 13.6. The molecule has 4 rings (SSSR count). The number of amides is 2. The lowest BCUT2D eigenvalue weighted by Gasteiger charge is -2.35. The lowest BCUT2D eigenvalue weighted by molar-refractivity contribution is -0.136. The van der Waals surface area contributed by atoms with E-state index in [0.29, 0.717) is 37.4 Å². The Hall–Kier alpha value is -2.44. The molecule has 1 saturated heterocycles. The molecule has 0 radical (unpaired) electrons. The number of aromatic nitrogens is 3. The predicted octanol–water partition coefficient (Wildman–Crippen LogP) is 1.43. The van der Waals surface area contributed by atoms with E-state index in [4.69, 9.17) is 0 Å². The van der Waals surface area contributed by atoms with E-state index in [1.54, 1.807) is 17.2 Å². The second-order valence-corrected chi connectivity index (χ2v) is 6.60. The molecule has 2 aliphatic rings. The van der Waals surface area contributed by atoms with Gasteiger partial charge in [-0.3, -0.25) is 14.7 Å². The number of nitrogens with one attached hydrogen (secondary N) is 1. The highest BCUT2D eigenvalue weighted by molar-refractivity contribution is 5.94. The molecule has 0 spiro atoms. The minimum atomic E-state index is -0.0777. The second-order valence-electron chi connectivity index (χ2n) is 6.60. The van der Waals surface area contributed by atoms with E-state index in [1.165, 1.54) is 0 Å². The van der Waals surface area contributed by atoms with E-state index >= 15 is 0 Å². The van der Waals surface area contributed by atoms with E-state index in [0.717, 1.165) is 31.2 Å². The molecule has 2 fully saturated rings. The molecule has 0 unspecified atom stereocenters. The molecule has 126 valence electrons. The van der Waals surface area contributed by atoms with Crippen LogP contribution in [-0.2, 0) is 4.79 Å². The van der Waals surface area contributed by atoms with Crippen LogP contribution >= 0.6 is 0 Å². The molecule has 7 nitrogen and oxygen atoms in total. The summed E-state index contributed by atoms with van der Waals surface area (Å²) in [5.41, 5.74) is 1.94. The first-order valence-electron chi connectivity index (χ1n) is 8.60. The highest BCUT2D eigenvalue weighted by Gasteiger charge is 2.30. The Kier molecular flexibility index (Phi) is 3.92.